The molecular weight excluding hydrogens is 234 g/mol. The van der Waals surface area contributed by atoms with Gasteiger partial charge in [0.1, 0.15) is 0 Å². The van der Waals surface area contributed by atoms with Gasteiger partial charge in [-0.15, -0.1) is 0 Å². The maximum atomic E-state index is 4.43. The molecule has 108 valence electrons. The van der Waals surface area contributed by atoms with Crippen molar-refractivity contribution in [2.45, 2.75) is 53.6 Å². The topological polar surface area (TPSA) is 28.2 Å². The van der Waals surface area contributed by atoms with E-state index in [1.165, 1.54) is 17.7 Å². The molecule has 0 amide bonds. The van der Waals surface area contributed by atoms with Crippen LogP contribution in [0.5, 0.6) is 0 Å². The Morgan fingerprint density at radius 3 is 2.53 bits per heavy atom. The molecule has 3 heteroatoms. The monoisotopic (exact) mass is 263 g/mol. The van der Waals surface area contributed by atoms with Crippen LogP contribution in [0.1, 0.15) is 45.4 Å². The third-order valence-corrected chi connectivity index (χ3v) is 3.25. The molecular formula is C16H29N3. The second-order valence-electron chi connectivity index (χ2n) is 6.09. The third-order valence-electron chi connectivity index (χ3n) is 3.25. The average Bonchev–Trinajstić information content (AvgIpc) is 2.34. The zero-order chi connectivity index (χ0) is 14.4. The van der Waals surface area contributed by atoms with Gasteiger partial charge in [-0.25, -0.2) is 0 Å². The van der Waals surface area contributed by atoms with Crippen LogP contribution in [0.2, 0.25) is 0 Å². The summed E-state index contributed by atoms with van der Waals surface area (Å²) in [7, 11) is 2.18. The maximum absolute atomic E-state index is 4.43. The van der Waals surface area contributed by atoms with Crippen molar-refractivity contribution in [1.29, 1.82) is 0 Å². The lowest BCUT2D eigenvalue weighted by Crippen LogP contribution is -2.26. The molecule has 0 fully saturated rings. The molecule has 0 saturated heterocycles. The molecule has 1 rings (SSSR count). The molecule has 1 N–H and O–H groups in total. The van der Waals surface area contributed by atoms with Crippen molar-refractivity contribution >= 4 is 5.69 Å². The summed E-state index contributed by atoms with van der Waals surface area (Å²) in [4.78, 5) is 6.78. The van der Waals surface area contributed by atoms with Gasteiger partial charge in [0, 0.05) is 49.3 Å². The van der Waals surface area contributed by atoms with E-state index in [4.69, 9.17) is 0 Å². The van der Waals surface area contributed by atoms with Gasteiger partial charge in [-0.2, -0.15) is 0 Å². The first-order valence-electron chi connectivity index (χ1n) is 7.30. The number of nitrogens with zero attached hydrogens (tertiary/aromatic N) is 2. The van der Waals surface area contributed by atoms with Crippen LogP contribution < -0.4 is 10.2 Å². The largest absolute Gasteiger partial charge is 0.374 e. The highest BCUT2D eigenvalue weighted by Gasteiger charge is 2.09. The van der Waals surface area contributed by atoms with E-state index in [-0.39, 0.29) is 0 Å². The van der Waals surface area contributed by atoms with Gasteiger partial charge in [0.15, 0.2) is 0 Å². The Morgan fingerprint density at radius 2 is 1.95 bits per heavy atom. The van der Waals surface area contributed by atoms with Gasteiger partial charge >= 0.3 is 0 Å². The quantitative estimate of drug-likeness (QED) is 0.817. The van der Waals surface area contributed by atoms with Gasteiger partial charge in [0.05, 0.1) is 0 Å². The highest BCUT2D eigenvalue weighted by molar-refractivity contribution is 5.53. The lowest BCUT2D eigenvalue weighted by atomic mass is 10.1. The minimum atomic E-state index is 0.495. The molecule has 1 heterocycles. The fourth-order valence-electron chi connectivity index (χ4n) is 1.95. The fourth-order valence-corrected chi connectivity index (χ4v) is 1.95. The minimum absolute atomic E-state index is 0.495. The average molecular weight is 263 g/mol. The van der Waals surface area contributed by atoms with Crippen molar-refractivity contribution in [2.75, 3.05) is 18.5 Å². The Bertz CT molecular complexity index is 386. The molecule has 0 unspecified atom stereocenters. The smallest absolute Gasteiger partial charge is 0.0442 e. The van der Waals surface area contributed by atoms with E-state index in [1.807, 2.05) is 6.20 Å². The molecule has 1 aromatic rings. The van der Waals surface area contributed by atoms with Crippen LogP contribution >= 0.6 is 0 Å². The second-order valence-corrected chi connectivity index (χ2v) is 6.09. The SMILES string of the molecule is Cc1cc(N(C)CCC(C)C)c(CNC(C)C)cn1. The number of rotatable bonds is 7. The molecule has 0 aliphatic heterocycles. The number of anilines is 1. The van der Waals surface area contributed by atoms with E-state index in [2.05, 4.69) is 62.9 Å². The molecule has 0 aliphatic carbocycles. The molecule has 19 heavy (non-hydrogen) atoms. The number of aromatic nitrogens is 1. The second kappa shape index (κ2) is 7.49. The first kappa shape index (κ1) is 16.0. The minimum Gasteiger partial charge on any atom is -0.374 e. The highest BCUT2D eigenvalue weighted by Crippen LogP contribution is 2.20. The van der Waals surface area contributed by atoms with Crippen LogP contribution in [-0.4, -0.2) is 24.6 Å². The Balaban J connectivity index is 2.80. The van der Waals surface area contributed by atoms with Crippen LogP contribution in [0.4, 0.5) is 5.69 Å². The first-order chi connectivity index (χ1) is 8.90. The molecule has 1 aromatic heterocycles. The Hall–Kier alpha value is -1.09. The predicted octanol–water partition coefficient (Wildman–Crippen LogP) is 3.37. The van der Waals surface area contributed by atoms with Crippen LogP contribution in [0.15, 0.2) is 12.3 Å². The molecule has 0 aliphatic rings. The summed E-state index contributed by atoms with van der Waals surface area (Å²) < 4.78 is 0. The van der Waals surface area contributed by atoms with Gasteiger partial charge in [-0.3, -0.25) is 4.98 Å². The van der Waals surface area contributed by atoms with E-state index in [0.717, 1.165) is 24.7 Å². The van der Waals surface area contributed by atoms with Crippen molar-refractivity contribution in [2.24, 2.45) is 5.92 Å². The highest BCUT2D eigenvalue weighted by atomic mass is 15.1. The standard InChI is InChI=1S/C16H29N3/c1-12(2)7-8-19(6)16-9-14(5)18-11-15(16)10-17-13(3)4/h9,11-13,17H,7-8,10H2,1-6H3. The van der Waals surface area contributed by atoms with Gasteiger partial charge in [0.2, 0.25) is 0 Å². The number of aryl methyl sites for hydroxylation is 1. The van der Waals surface area contributed by atoms with Gasteiger partial charge < -0.3 is 10.2 Å². The van der Waals surface area contributed by atoms with Crippen molar-refractivity contribution in [1.82, 2.24) is 10.3 Å². The summed E-state index contributed by atoms with van der Waals surface area (Å²) in [6.07, 6.45) is 3.22. The summed E-state index contributed by atoms with van der Waals surface area (Å²) >= 11 is 0. The first-order valence-corrected chi connectivity index (χ1v) is 7.30. The molecule has 0 aromatic carbocycles. The van der Waals surface area contributed by atoms with Gasteiger partial charge in [0.25, 0.3) is 0 Å². The summed E-state index contributed by atoms with van der Waals surface area (Å²) in [5, 5.41) is 3.47. The third kappa shape index (κ3) is 5.60. The summed E-state index contributed by atoms with van der Waals surface area (Å²) in [6.45, 7) is 12.9. The van der Waals surface area contributed by atoms with E-state index in [1.54, 1.807) is 0 Å². The molecule has 0 atom stereocenters. The number of pyridine rings is 1. The van der Waals surface area contributed by atoms with Crippen LogP contribution in [0.25, 0.3) is 0 Å². The normalized spacial score (nSPS) is 11.4. The van der Waals surface area contributed by atoms with Crippen molar-refractivity contribution in [3.05, 3.63) is 23.5 Å². The predicted molar refractivity (Wildman–Crippen MR) is 83.7 cm³/mol. The van der Waals surface area contributed by atoms with Crippen molar-refractivity contribution in [3.8, 4) is 0 Å². The summed E-state index contributed by atoms with van der Waals surface area (Å²) in [5.41, 5.74) is 3.67. The molecule has 0 bridgehead atoms. The van der Waals surface area contributed by atoms with Crippen LogP contribution in [0.3, 0.4) is 0 Å². The maximum Gasteiger partial charge on any atom is 0.0442 e. The number of hydrogen-bond acceptors (Lipinski definition) is 3. The number of nitrogens with one attached hydrogen (secondary N) is 1. The fraction of sp³-hybridized carbons (Fsp3) is 0.688. The molecule has 0 saturated carbocycles. The molecule has 0 radical (unpaired) electrons. The van der Waals surface area contributed by atoms with Crippen LogP contribution in [0, 0.1) is 12.8 Å². The summed E-state index contributed by atoms with van der Waals surface area (Å²) in [6, 6.07) is 2.69. The molecule has 3 nitrogen and oxygen atoms in total. The number of hydrogen-bond donors (Lipinski definition) is 1. The van der Waals surface area contributed by atoms with Crippen LogP contribution in [-0.2, 0) is 6.54 Å². The van der Waals surface area contributed by atoms with Gasteiger partial charge in [-0.1, -0.05) is 27.7 Å². The Kier molecular flexibility index (Phi) is 6.29. The van der Waals surface area contributed by atoms with E-state index >= 15 is 0 Å². The summed E-state index contributed by atoms with van der Waals surface area (Å²) in [5.74, 6) is 0.739. The Labute approximate surface area is 118 Å². The van der Waals surface area contributed by atoms with Gasteiger partial charge in [-0.05, 0) is 25.3 Å². The van der Waals surface area contributed by atoms with Crippen molar-refractivity contribution < 1.29 is 0 Å². The molecule has 0 spiro atoms. The lowest BCUT2D eigenvalue weighted by Gasteiger charge is -2.24. The van der Waals surface area contributed by atoms with E-state index in [9.17, 15) is 0 Å². The van der Waals surface area contributed by atoms with E-state index in [0.29, 0.717) is 6.04 Å². The lowest BCUT2D eigenvalue weighted by molar-refractivity contribution is 0.576. The zero-order valence-corrected chi connectivity index (χ0v) is 13.3. The zero-order valence-electron chi connectivity index (χ0n) is 13.3. The Morgan fingerprint density at radius 1 is 1.26 bits per heavy atom. The van der Waals surface area contributed by atoms with E-state index < -0.39 is 0 Å². The van der Waals surface area contributed by atoms with Crippen molar-refractivity contribution in [3.63, 3.8) is 0 Å².